The first-order valence-corrected chi connectivity index (χ1v) is 44.2. The van der Waals surface area contributed by atoms with E-state index in [0.717, 1.165) is 116 Å². The normalized spacial score (nSPS) is 14.2. The zero-order valence-electron chi connectivity index (χ0n) is 65.0. The number of esters is 4. The number of aliphatic hydroxyl groups is 1. The molecule has 0 aliphatic carbocycles. The summed E-state index contributed by atoms with van der Waals surface area (Å²) in [5, 5.41) is 10.6. The topological polar surface area (TPSA) is 237 Å². The van der Waals surface area contributed by atoms with Gasteiger partial charge in [-0.3, -0.25) is 37.3 Å². The number of ether oxygens (including phenoxy) is 4. The van der Waals surface area contributed by atoms with E-state index in [2.05, 4.69) is 88.5 Å². The van der Waals surface area contributed by atoms with E-state index in [-0.39, 0.29) is 25.7 Å². The van der Waals surface area contributed by atoms with Crippen LogP contribution in [0.25, 0.3) is 0 Å². The molecule has 0 radical (unpaired) electrons. The van der Waals surface area contributed by atoms with E-state index in [4.69, 9.17) is 37.0 Å². The van der Waals surface area contributed by atoms with E-state index in [9.17, 15) is 43.2 Å². The average Bonchev–Trinajstić information content (AvgIpc) is 0.923. The predicted octanol–water partition coefficient (Wildman–Crippen LogP) is 24.0. The van der Waals surface area contributed by atoms with Crippen LogP contribution < -0.4 is 0 Å². The molecule has 594 valence electrons. The van der Waals surface area contributed by atoms with Crippen molar-refractivity contribution >= 4 is 39.5 Å². The molecule has 17 nitrogen and oxygen atoms in total. The standard InChI is InChI=1S/C83H150O17P2/c1-5-9-13-17-21-25-29-33-37-38-42-44-48-52-56-60-64-68-81(86)94-74-79(100-83(88)70-66-62-58-54-50-46-41-36-32-28-24-20-16-12-8-4)76-98-102(91,92)96-72-77(84)71-95-101(89,90)97-75-78(99-82(87)69-65-61-57-53-49-45-40-35-31-27-23-19-15-11-7-3)73-93-80(85)67-63-59-55-51-47-43-39-34-30-26-22-18-14-10-6-2/h21,23,25,27,33,35,37,40,42,44,52,56,77-79,84H,5-20,22,24,26,28-32,34,36,38-39,41,43,45-51,53-55,57-76H2,1-4H3,(H,89,90)(H,91,92)/b25-21-,27-23-,37-33-,40-35-,44-42-,56-52-/t77-,78-,79-/m1/s1. The molecule has 19 heteroatoms. The van der Waals surface area contributed by atoms with Gasteiger partial charge >= 0.3 is 39.5 Å². The quantitative estimate of drug-likeness (QED) is 0.0169. The number of unbranched alkanes of at least 4 members (excludes halogenated alkanes) is 40. The van der Waals surface area contributed by atoms with Gasteiger partial charge in [0.25, 0.3) is 0 Å². The molecular weight excluding hydrogens is 1330 g/mol. The molecule has 0 saturated carbocycles. The lowest BCUT2D eigenvalue weighted by atomic mass is 10.0. The molecule has 0 saturated heterocycles. The van der Waals surface area contributed by atoms with E-state index < -0.39 is 97.5 Å². The fourth-order valence-corrected chi connectivity index (χ4v) is 12.9. The fourth-order valence-electron chi connectivity index (χ4n) is 11.4. The Morgan fingerprint density at radius 1 is 0.275 bits per heavy atom. The van der Waals surface area contributed by atoms with Crippen LogP contribution in [0.1, 0.15) is 374 Å². The Labute approximate surface area is 622 Å². The SMILES string of the molecule is CCCCC/C=C\C/C=C\C/C=C\C/C=C\CCCC(=O)OC[C@H](COP(=O)(O)OC[C@H](O)COP(=O)(O)OC[C@@H](COC(=O)CCCCCCCCCCCCCCCCC)OC(=O)CCCCCCC/C=C\C/C=C\CCCCC)OC(=O)CCCCCCCCCCCCCCCCC. The molecular formula is C83H150O17P2. The molecule has 0 heterocycles. The minimum atomic E-state index is -4.98. The largest absolute Gasteiger partial charge is 0.472 e. The van der Waals surface area contributed by atoms with Gasteiger partial charge in [-0.15, -0.1) is 0 Å². The summed E-state index contributed by atoms with van der Waals surface area (Å²) in [6.45, 7) is 4.83. The van der Waals surface area contributed by atoms with Crippen molar-refractivity contribution in [3.8, 4) is 0 Å². The average molecular weight is 1480 g/mol. The van der Waals surface area contributed by atoms with Gasteiger partial charge in [-0.25, -0.2) is 9.13 Å². The number of carbonyl (C=O) groups excluding carboxylic acids is 4. The molecule has 0 bridgehead atoms. The van der Waals surface area contributed by atoms with Gasteiger partial charge in [0.15, 0.2) is 12.2 Å². The van der Waals surface area contributed by atoms with Crippen LogP contribution in [-0.2, 0) is 65.4 Å². The van der Waals surface area contributed by atoms with Crippen LogP contribution in [0.2, 0.25) is 0 Å². The summed E-state index contributed by atoms with van der Waals surface area (Å²) in [5.41, 5.74) is 0. The van der Waals surface area contributed by atoms with Crippen molar-refractivity contribution in [3.63, 3.8) is 0 Å². The predicted molar refractivity (Wildman–Crippen MR) is 418 cm³/mol. The molecule has 0 aromatic heterocycles. The number of hydrogen-bond donors (Lipinski definition) is 3. The first kappa shape index (κ1) is 98.5. The lowest BCUT2D eigenvalue weighted by molar-refractivity contribution is -0.161. The van der Waals surface area contributed by atoms with Crippen molar-refractivity contribution < 1.29 is 80.2 Å². The van der Waals surface area contributed by atoms with Gasteiger partial charge in [-0.1, -0.05) is 325 Å². The smallest absolute Gasteiger partial charge is 0.462 e. The fraction of sp³-hybridized carbons (Fsp3) is 0.807. The van der Waals surface area contributed by atoms with E-state index in [0.29, 0.717) is 32.1 Å². The van der Waals surface area contributed by atoms with E-state index >= 15 is 0 Å². The monoisotopic (exact) mass is 1480 g/mol. The van der Waals surface area contributed by atoms with Gasteiger partial charge in [-0.2, -0.15) is 0 Å². The highest BCUT2D eigenvalue weighted by Gasteiger charge is 2.30. The third-order valence-corrected chi connectivity index (χ3v) is 19.6. The highest BCUT2D eigenvalue weighted by Crippen LogP contribution is 2.45. The maximum absolute atomic E-state index is 13.1. The van der Waals surface area contributed by atoms with Gasteiger partial charge < -0.3 is 33.8 Å². The lowest BCUT2D eigenvalue weighted by Crippen LogP contribution is -2.30. The summed E-state index contributed by atoms with van der Waals surface area (Å²) >= 11 is 0. The van der Waals surface area contributed by atoms with E-state index in [1.165, 1.54) is 173 Å². The number of rotatable bonds is 78. The zero-order chi connectivity index (χ0) is 74.6. The van der Waals surface area contributed by atoms with Crippen LogP contribution in [0, 0.1) is 0 Å². The molecule has 0 aliphatic rings. The number of carbonyl (C=O) groups is 4. The summed E-state index contributed by atoms with van der Waals surface area (Å²) in [7, 11) is -9.96. The van der Waals surface area contributed by atoms with Crippen molar-refractivity contribution in [3.05, 3.63) is 72.9 Å². The molecule has 3 N–H and O–H groups in total. The number of allylic oxidation sites excluding steroid dienone is 12. The molecule has 102 heavy (non-hydrogen) atoms. The number of phosphoric acid groups is 2. The van der Waals surface area contributed by atoms with Crippen LogP contribution >= 0.6 is 15.6 Å². The molecule has 2 unspecified atom stereocenters. The molecule has 0 aliphatic heterocycles. The Morgan fingerprint density at radius 3 is 0.794 bits per heavy atom. The van der Waals surface area contributed by atoms with Gasteiger partial charge in [-0.05, 0) is 96.3 Å². The number of aliphatic hydroxyl groups excluding tert-OH is 1. The van der Waals surface area contributed by atoms with Gasteiger partial charge in [0.2, 0.25) is 0 Å². The minimum absolute atomic E-state index is 0.0824. The molecule has 0 rings (SSSR count). The lowest BCUT2D eigenvalue weighted by Gasteiger charge is -2.21. The first-order chi connectivity index (χ1) is 49.7. The van der Waals surface area contributed by atoms with Crippen LogP contribution in [-0.4, -0.2) is 96.7 Å². The summed E-state index contributed by atoms with van der Waals surface area (Å²) in [5.74, 6) is -2.22. The van der Waals surface area contributed by atoms with Crippen molar-refractivity contribution in [1.82, 2.24) is 0 Å². The maximum atomic E-state index is 13.1. The molecule has 0 amide bonds. The number of hydrogen-bond acceptors (Lipinski definition) is 15. The van der Waals surface area contributed by atoms with Gasteiger partial charge in [0, 0.05) is 25.7 Å². The molecule has 0 aromatic carbocycles. The summed E-state index contributed by atoms with van der Waals surface area (Å²) in [6, 6.07) is 0. The molecule has 0 spiro atoms. The summed E-state index contributed by atoms with van der Waals surface area (Å²) in [6.07, 6.45) is 77.3. The van der Waals surface area contributed by atoms with Crippen LogP contribution in [0.3, 0.4) is 0 Å². The Morgan fingerprint density at radius 2 is 0.490 bits per heavy atom. The summed E-state index contributed by atoms with van der Waals surface area (Å²) in [4.78, 5) is 73.0. The Kier molecular flexibility index (Phi) is 73.1. The van der Waals surface area contributed by atoms with Gasteiger partial charge in [0.1, 0.15) is 19.3 Å². The minimum Gasteiger partial charge on any atom is -0.462 e. The van der Waals surface area contributed by atoms with Crippen molar-refractivity contribution in [1.29, 1.82) is 0 Å². The maximum Gasteiger partial charge on any atom is 0.472 e. The van der Waals surface area contributed by atoms with Crippen molar-refractivity contribution in [2.75, 3.05) is 39.6 Å². The molecule has 5 atom stereocenters. The highest BCUT2D eigenvalue weighted by atomic mass is 31.2. The van der Waals surface area contributed by atoms with Crippen molar-refractivity contribution in [2.24, 2.45) is 0 Å². The van der Waals surface area contributed by atoms with Crippen LogP contribution in [0.4, 0.5) is 0 Å². The second-order valence-corrected chi connectivity index (χ2v) is 30.6. The van der Waals surface area contributed by atoms with Crippen LogP contribution in [0.15, 0.2) is 72.9 Å². The molecule has 0 fully saturated rings. The van der Waals surface area contributed by atoms with Crippen LogP contribution in [0.5, 0.6) is 0 Å². The second kappa shape index (κ2) is 75.7. The third kappa shape index (κ3) is 74.8. The zero-order valence-corrected chi connectivity index (χ0v) is 66.8. The molecule has 0 aromatic rings. The Hall–Kier alpha value is -3.50. The Bertz CT molecular complexity index is 2210. The highest BCUT2D eigenvalue weighted by molar-refractivity contribution is 7.47. The van der Waals surface area contributed by atoms with E-state index in [1.54, 1.807) is 0 Å². The summed E-state index contributed by atoms with van der Waals surface area (Å²) < 4.78 is 68.6. The van der Waals surface area contributed by atoms with Gasteiger partial charge in [0.05, 0.1) is 26.4 Å². The first-order valence-electron chi connectivity index (χ1n) is 41.2. The van der Waals surface area contributed by atoms with Crippen molar-refractivity contribution in [2.45, 2.75) is 393 Å². The number of phosphoric ester groups is 2. The second-order valence-electron chi connectivity index (χ2n) is 27.7. The third-order valence-electron chi connectivity index (χ3n) is 17.7. The van der Waals surface area contributed by atoms with E-state index in [1.807, 2.05) is 12.2 Å². The Balaban J connectivity index is 5.38.